The standard InChI is InChI=1S/C19H22N2O2S/c22-18(15-7-10-24-13-15)21-9-4-8-19(14-21)11-17(12-23-19)20-16-5-2-1-3-6-16/h1-3,5-7,10,13,17,20H,4,8-9,11-12,14H2/t17-,19+/m1/s1. The summed E-state index contributed by atoms with van der Waals surface area (Å²) in [6.45, 7) is 2.24. The average molecular weight is 342 g/mol. The van der Waals surface area contributed by atoms with Crippen molar-refractivity contribution in [1.82, 2.24) is 4.90 Å². The topological polar surface area (TPSA) is 41.6 Å². The van der Waals surface area contributed by atoms with E-state index in [1.807, 2.05) is 39.9 Å². The van der Waals surface area contributed by atoms with Crippen LogP contribution in [0.25, 0.3) is 0 Å². The first kappa shape index (κ1) is 15.7. The molecule has 2 saturated heterocycles. The summed E-state index contributed by atoms with van der Waals surface area (Å²) in [4.78, 5) is 14.6. The molecule has 3 heterocycles. The number of nitrogens with zero attached hydrogens (tertiary/aromatic N) is 1. The lowest BCUT2D eigenvalue weighted by Gasteiger charge is -2.39. The Labute approximate surface area is 146 Å². The zero-order chi connectivity index (χ0) is 16.4. The third-order valence-electron chi connectivity index (χ3n) is 4.95. The second-order valence-corrected chi connectivity index (χ2v) is 7.53. The van der Waals surface area contributed by atoms with Crippen molar-refractivity contribution in [1.29, 1.82) is 0 Å². The lowest BCUT2D eigenvalue weighted by Crippen LogP contribution is -2.50. The van der Waals surface area contributed by atoms with Crippen LogP contribution in [0.5, 0.6) is 0 Å². The molecule has 2 atom stereocenters. The first-order chi connectivity index (χ1) is 11.7. The number of para-hydroxylation sites is 1. The summed E-state index contributed by atoms with van der Waals surface area (Å²) in [5, 5.41) is 7.44. The van der Waals surface area contributed by atoms with Crippen molar-refractivity contribution in [3.05, 3.63) is 52.7 Å². The van der Waals surface area contributed by atoms with Crippen LogP contribution in [0, 0.1) is 0 Å². The second kappa shape index (κ2) is 6.57. The number of anilines is 1. The van der Waals surface area contributed by atoms with Gasteiger partial charge in [-0.05, 0) is 36.4 Å². The van der Waals surface area contributed by atoms with Gasteiger partial charge in [-0.3, -0.25) is 4.79 Å². The third kappa shape index (κ3) is 3.19. The van der Waals surface area contributed by atoms with Gasteiger partial charge in [0.15, 0.2) is 0 Å². The lowest BCUT2D eigenvalue weighted by atomic mass is 9.88. The van der Waals surface area contributed by atoms with Crippen molar-refractivity contribution in [2.75, 3.05) is 25.0 Å². The molecule has 1 spiro atoms. The van der Waals surface area contributed by atoms with Crippen LogP contribution in [0.3, 0.4) is 0 Å². The lowest BCUT2D eigenvalue weighted by molar-refractivity contribution is -0.0447. The van der Waals surface area contributed by atoms with Gasteiger partial charge in [0.05, 0.1) is 30.4 Å². The SMILES string of the molecule is O=C(c1ccsc1)N1CCC[C@]2(C[C@@H](Nc3ccccc3)CO2)C1. The van der Waals surface area contributed by atoms with Gasteiger partial charge in [-0.15, -0.1) is 0 Å². The zero-order valence-electron chi connectivity index (χ0n) is 13.6. The summed E-state index contributed by atoms with van der Waals surface area (Å²) < 4.78 is 6.21. The van der Waals surface area contributed by atoms with E-state index in [1.165, 1.54) is 0 Å². The van der Waals surface area contributed by atoms with Crippen LogP contribution in [-0.4, -0.2) is 42.1 Å². The highest BCUT2D eigenvalue weighted by Gasteiger charge is 2.44. The maximum Gasteiger partial charge on any atom is 0.254 e. The predicted molar refractivity (Wildman–Crippen MR) is 96.6 cm³/mol. The van der Waals surface area contributed by atoms with Crippen molar-refractivity contribution >= 4 is 22.9 Å². The van der Waals surface area contributed by atoms with Gasteiger partial charge in [0.25, 0.3) is 5.91 Å². The first-order valence-electron chi connectivity index (χ1n) is 8.51. The molecular formula is C19H22N2O2S. The monoisotopic (exact) mass is 342 g/mol. The minimum atomic E-state index is -0.184. The number of benzene rings is 1. The highest BCUT2D eigenvalue weighted by molar-refractivity contribution is 7.08. The van der Waals surface area contributed by atoms with E-state index in [0.717, 1.165) is 37.1 Å². The van der Waals surface area contributed by atoms with Gasteiger partial charge in [-0.2, -0.15) is 11.3 Å². The van der Waals surface area contributed by atoms with Crippen LogP contribution in [0.15, 0.2) is 47.2 Å². The number of hydrogen-bond acceptors (Lipinski definition) is 4. The van der Waals surface area contributed by atoms with E-state index in [4.69, 9.17) is 4.74 Å². The first-order valence-corrected chi connectivity index (χ1v) is 9.45. The molecule has 2 aliphatic heterocycles. The van der Waals surface area contributed by atoms with E-state index < -0.39 is 0 Å². The Kier molecular flexibility index (Phi) is 4.29. The predicted octanol–water partition coefficient (Wildman–Crippen LogP) is 3.62. The van der Waals surface area contributed by atoms with E-state index >= 15 is 0 Å². The molecule has 1 N–H and O–H groups in total. The summed E-state index contributed by atoms with van der Waals surface area (Å²) in [5.74, 6) is 0.137. The Morgan fingerprint density at radius 1 is 1.29 bits per heavy atom. The van der Waals surface area contributed by atoms with Gasteiger partial charge >= 0.3 is 0 Å². The Balaban J connectivity index is 1.41. The Morgan fingerprint density at radius 2 is 2.17 bits per heavy atom. The number of amides is 1. The van der Waals surface area contributed by atoms with Crippen LogP contribution in [0.1, 0.15) is 29.6 Å². The highest BCUT2D eigenvalue weighted by Crippen LogP contribution is 2.36. The molecule has 2 fully saturated rings. The summed E-state index contributed by atoms with van der Waals surface area (Å²) >= 11 is 1.57. The Hall–Kier alpha value is -1.85. The molecule has 1 aromatic carbocycles. The molecule has 0 unspecified atom stereocenters. The quantitative estimate of drug-likeness (QED) is 0.926. The molecule has 126 valence electrons. The molecule has 0 bridgehead atoms. The molecule has 0 aliphatic carbocycles. The number of likely N-dealkylation sites (tertiary alicyclic amines) is 1. The van der Waals surface area contributed by atoms with Crippen LogP contribution >= 0.6 is 11.3 Å². The van der Waals surface area contributed by atoms with E-state index in [9.17, 15) is 4.79 Å². The number of rotatable bonds is 3. The maximum atomic E-state index is 12.6. The van der Waals surface area contributed by atoms with E-state index in [-0.39, 0.29) is 11.5 Å². The fourth-order valence-corrected chi connectivity index (χ4v) is 4.46. The molecule has 0 saturated carbocycles. The van der Waals surface area contributed by atoms with Crippen molar-refractivity contribution in [2.45, 2.75) is 30.9 Å². The average Bonchev–Trinajstić information content (AvgIpc) is 3.26. The fraction of sp³-hybridized carbons (Fsp3) is 0.421. The van der Waals surface area contributed by atoms with Gasteiger partial charge < -0.3 is 15.0 Å². The molecule has 4 rings (SSSR count). The van der Waals surface area contributed by atoms with E-state index in [0.29, 0.717) is 19.2 Å². The van der Waals surface area contributed by atoms with Gasteiger partial charge in [0.2, 0.25) is 0 Å². The number of thiophene rings is 1. The number of carbonyl (C=O) groups is 1. The molecule has 1 amide bonds. The van der Waals surface area contributed by atoms with E-state index in [1.54, 1.807) is 11.3 Å². The molecule has 2 aliphatic rings. The van der Waals surface area contributed by atoms with Gasteiger partial charge in [0, 0.05) is 24.0 Å². The number of nitrogens with one attached hydrogen (secondary N) is 1. The minimum absolute atomic E-state index is 0.137. The Morgan fingerprint density at radius 3 is 2.96 bits per heavy atom. The van der Waals surface area contributed by atoms with Crippen molar-refractivity contribution < 1.29 is 9.53 Å². The maximum absolute atomic E-state index is 12.6. The van der Waals surface area contributed by atoms with Gasteiger partial charge in [-0.1, -0.05) is 18.2 Å². The number of ether oxygens (including phenoxy) is 1. The smallest absolute Gasteiger partial charge is 0.254 e. The zero-order valence-corrected chi connectivity index (χ0v) is 14.4. The summed E-state index contributed by atoms with van der Waals surface area (Å²) in [6, 6.07) is 12.5. The third-order valence-corrected chi connectivity index (χ3v) is 5.63. The Bertz CT molecular complexity index is 689. The summed E-state index contributed by atoms with van der Waals surface area (Å²) in [6.07, 6.45) is 3.00. The summed E-state index contributed by atoms with van der Waals surface area (Å²) in [7, 11) is 0. The van der Waals surface area contributed by atoms with Gasteiger partial charge in [0.1, 0.15) is 0 Å². The van der Waals surface area contributed by atoms with E-state index in [2.05, 4.69) is 17.4 Å². The molecular weight excluding hydrogens is 320 g/mol. The number of piperidine rings is 1. The fourth-order valence-electron chi connectivity index (χ4n) is 3.83. The molecule has 0 radical (unpaired) electrons. The van der Waals surface area contributed by atoms with Crippen LogP contribution in [-0.2, 0) is 4.74 Å². The van der Waals surface area contributed by atoms with Crippen LogP contribution in [0.4, 0.5) is 5.69 Å². The molecule has 5 heteroatoms. The largest absolute Gasteiger partial charge is 0.380 e. The number of hydrogen-bond donors (Lipinski definition) is 1. The molecule has 1 aromatic heterocycles. The summed E-state index contributed by atoms with van der Waals surface area (Å²) in [5.41, 5.74) is 1.75. The van der Waals surface area contributed by atoms with Crippen LogP contribution < -0.4 is 5.32 Å². The normalized spacial score (nSPS) is 26.7. The molecule has 24 heavy (non-hydrogen) atoms. The second-order valence-electron chi connectivity index (χ2n) is 6.75. The van der Waals surface area contributed by atoms with Crippen molar-refractivity contribution in [2.24, 2.45) is 0 Å². The molecule has 4 nitrogen and oxygen atoms in total. The van der Waals surface area contributed by atoms with Crippen LogP contribution in [0.2, 0.25) is 0 Å². The molecule has 2 aromatic rings. The van der Waals surface area contributed by atoms with Crippen molar-refractivity contribution in [3.8, 4) is 0 Å². The minimum Gasteiger partial charge on any atom is -0.380 e. The number of carbonyl (C=O) groups excluding carboxylic acids is 1. The van der Waals surface area contributed by atoms with Gasteiger partial charge in [-0.25, -0.2) is 0 Å². The highest BCUT2D eigenvalue weighted by atomic mass is 32.1. The van der Waals surface area contributed by atoms with Crippen molar-refractivity contribution in [3.63, 3.8) is 0 Å².